The number of carbonyl (C=O) groups excluding carboxylic acids is 4. The van der Waals surface area contributed by atoms with E-state index in [1.807, 2.05) is 69.0 Å². The summed E-state index contributed by atoms with van der Waals surface area (Å²) in [7, 11) is 2.58. The number of imidazole rings is 2. The minimum atomic E-state index is -0.778. The normalized spacial score (nSPS) is 24.6. The molecule has 5 aliphatic rings. The number of thiophene rings is 1. The van der Waals surface area contributed by atoms with E-state index in [1.54, 1.807) is 28.6 Å². The van der Waals surface area contributed by atoms with Gasteiger partial charge in [-0.1, -0.05) is 38.1 Å². The van der Waals surface area contributed by atoms with Crippen LogP contribution in [0.2, 0.25) is 0 Å². The first kappa shape index (κ1) is 48.7. The predicted octanol–water partition coefficient (Wildman–Crippen LogP) is 10.0. The minimum absolute atomic E-state index is 0.0506. The largest absolute Gasteiger partial charge is 0.464 e. The van der Waals surface area contributed by atoms with E-state index in [1.165, 1.54) is 20.3 Å². The van der Waals surface area contributed by atoms with Crippen LogP contribution in [0.5, 0.6) is 5.75 Å². The summed E-state index contributed by atoms with van der Waals surface area (Å²) in [6.45, 7) is 8.25. The Balaban J connectivity index is 0.861. The van der Waals surface area contributed by atoms with Gasteiger partial charge < -0.3 is 49.3 Å². The van der Waals surface area contributed by atoms with E-state index >= 15 is 4.39 Å². The summed E-state index contributed by atoms with van der Waals surface area (Å²) in [6.07, 6.45) is 5.82. The van der Waals surface area contributed by atoms with Crippen LogP contribution in [0.3, 0.4) is 0 Å². The van der Waals surface area contributed by atoms with Crippen molar-refractivity contribution in [2.45, 2.75) is 115 Å². The zero-order valence-electron chi connectivity index (χ0n) is 42.6. The number of halogens is 1. The van der Waals surface area contributed by atoms with Crippen molar-refractivity contribution in [1.82, 2.24) is 44.9 Å². The molecule has 3 saturated heterocycles. The summed E-state index contributed by atoms with van der Waals surface area (Å²) >= 11 is 1.63. The highest BCUT2D eigenvalue weighted by Gasteiger charge is 2.57. The van der Waals surface area contributed by atoms with Crippen LogP contribution in [0.4, 0.5) is 14.0 Å². The Hall–Kier alpha value is -7.25. The summed E-state index contributed by atoms with van der Waals surface area (Å²) in [5.41, 5.74) is 4.59. The molecular weight excluding hydrogens is 978 g/mol. The van der Waals surface area contributed by atoms with Gasteiger partial charge in [0.15, 0.2) is 0 Å². The number of methoxy groups -OCH3 is 2. The topological polar surface area (TPSA) is 198 Å². The number of ether oxygens (including phenoxy) is 4. The maximum atomic E-state index is 17.1. The van der Waals surface area contributed by atoms with E-state index in [-0.39, 0.29) is 54.0 Å². The van der Waals surface area contributed by atoms with Crippen molar-refractivity contribution in [2.75, 3.05) is 20.8 Å². The molecule has 19 heteroatoms. The monoisotopic (exact) mass is 1040 g/mol. The van der Waals surface area contributed by atoms with Crippen molar-refractivity contribution in [1.29, 1.82) is 0 Å². The average molecular weight is 1040 g/mol. The molecule has 12 rings (SSSR count). The fourth-order valence-corrected chi connectivity index (χ4v) is 13.5. The number of aromatic amines is 2. The second kappa shape index (κ2) is 19.2. The summed E-state index contributed by atoms with van der Waals surface area (Å²) in [6, 6.07) is 19.7. The summed E-state index contributed by atoms with van der Waals surface area (Å²) in [5, 5.41) is 7.55. The van der Waals surface area contributed by atoms with Gasteiger partial charge in [-0.05, 0) is 118 Å². The molecule has 8 heterocycles. The fraction of sp³-hybridized carbons (Fsp3) is 0.429. The number of H-pyrrole nitrogens is 2. The van der Waals surface area contributed by atoms with Crippen LogP contribution in [0, 0.1) is 23.6 Å². The molecule has 390 valence electrons. The van der Waals surface area contributed by atoms with E-state index in [4.69, 9.17) is 28.9 Å². The molecule has 0 bridgehead atoms. The van der Waals surface area contributed by atoms with Crippen LogP contribution in [0.1, 0.15) is 101 Å². The first-order chi connectivity index (χ1) is 36.2. The van der Waals surface area contributed by atoms with Gasteiger partial charge in [-0.25, -0.2) is 23.9 Å². The van der Waals surface area contributed by atoms with Crippen molar-refractivity contribution in [3.05, 3.63) is 101 Å². The Kier molecular flexibility index (Phi) is 12.4. The number of alkyl carbamates (subject to hydrolysis) is 2. The van der Waals surface area contributed by atoms with Gasteiger partial charge >= 0.3 is 12.2 Å². The van der Waals surface area contributed by atoms with Crippen LogP contribution in [0.15, 0.2) is 79.1 Å². The highest BCUT2D eigenvalue weighted by molar-refractivity contribution is 7.19. The number of nitrogens with one attached hydrogen (secondary N) is 4. The molecule has 7 aromatic rings. The Morgan fingerprint density at radius 2 is 1.53 bits per heavy atom. The Morgan fingerprint density at radius 3 is 2.27 bits per heavy atom. The lowest BCUT2D eigenvalue weighted by Crippen LogP contribution is -2.55. The number of rotatable bonds is 11. The Morgan fingerprint density at radius 1 is 0.813 bits per heavy atom. The molecule has 4 N–H and O–H groups in total. The zero-order chi connectivity index (χ0) is 52.0. The number of hydrogen-bond donors (Lipinski definition) is 4. The van der Waals surface area contributed by atoms with Gasteiger partial charge in [-0.3, -0.25) is 14.2 Å². The van der Waals surface area contributed by atoms with Gasteiger partial charge in [0.05, 0.1) is 83.9 Å². The third-order valence-corrected chi connectivity index (χ3v) is 17.1. The van der Waals surface area contributed by atoms with Gasteiger partial charge in [0.25, 0.3) is 0 Å². The second-order valence-corrected chi connectivity index (χ2v) is 22.4. The van der Waals surface area contributed by atoms with Crippen molar-refractivity contribution in [3.8, 4) is 39.5 Å². The standard InChI is InChI=1S/C56H60FN9O8S/c1-27(2)48(62-55(69)71-5)52(67)64-15-9-11-40(64)50-58-26-38(61-50)32-19-36(57)47-42-21-33-18-30(13-14-39(33)66(42)54(74-44(47)23-32)46-24-31-10-7-8-12-45(31)75-46)37-25-59-51(60-37)43-22-34-20-41(34)65(43)53(68)49(63-56(70)72-6)35-16-28(3)73-29(4)17-35/h7-8,10,12-14,18-19,21,23-29,34-35,40-41,43,48-49,54H,9,11,15-17,20,22H2,1-6H3,(H,58,61)(H,59,60)(H,62,69)(H,63,70)/t28-,29+,34-,35?,40+,41-,43+,48+,49?,54?/m1/s1. The first-order valence-electron chi connectivity index (χ1n) is 26.0. The van der Waals surface area contributed by atoms with E-state index < -0.39 is 36.3 Å². The lowest BCUT2D eigenvalue weighted by atomic mass is 9.85. The number of hydrogen-bond acceptors (Lipinski definition) is 11. The summed E-state index contributed by atoms with van der Waals surface area (Å²) in [4.78, 5) is 74.7. The molecule has 1 saturated carbocycles. The number of likely N-dealkylation sites (tertiary alicyclic amines) is 2. The zero-order valence-corrected chi connectivity index (χ0v) is 43.4. The fourth-order valence-electron chi connectivity index (χ4n) is 12.4. The first-order valence-corrected chi connectivity index (χ1v) is 26.8. The van der Waals surface area contributed by atoms with Crippen LogP contribution >= 0.6 is 11.3 Å². The number of benzene rings is 3. The van der Waals surface area contributed by atoms with Gasteiger partial charge in [-0.15, -0.1) is 11.3 Å². The average Bonchev–Trinajstić information content (AvgIpc) is 4.17. The summed E-state index contributed by atoms with van der Waals surface area (Å²) < 4.78 is 43.0. The highest BCUT2D eigenvalue weighted by atomic mass is 32.1. The molecule has 1 aliphatic carbocycles. The maximum Gasteiger partial charge on any atom is 0.407 e. The number of carbonyl (C=O) groups is 4. The third kappa shape index (κ3) is 8.76. The van der Waals surface area contributed by atoms with Crippen LogP contribution in [-0.4, -0.2) is 109 Å². The quantitative estimate of drug-likeness (QED) is 0.0967. The van der Waals surface area contributed by atoms with E-state index in [9.17, 15) is 19.2 Å². The number of aromatic nitrogens is 5. The van der Waals surface area contributed by atoms with Gasteiger partial charge in [-0.2, -0.15) is 0 Å². The van der Waals surface area contributed by atoms with Crippen molar-refractivity contribution < 1.29 is 42.5 Å². The molecule has 3 aromatic carbocycles. The third-order valence-electron chi connectivity index (χ3n) is 16.0. The van der Waals surface area contributed by atoms with Crippen molar-refractivity contribution >= 4 is 56.3 Å². The van der Waals surface area contributed by atoms with Gasteiger partial charge in [0.1, 0.15) is 35.3 Å². The molecule has 3 unspecified atom stereocenters. The van der Waals surface area contributed by atoms with Gasteiger partial charge in [0.2, 0.25) is 18.0 Å². The molecule has 17 nitrogen and oxygen atoms in total. The van der Waals surface area contributed by atoms with E-state index in [0.29, 0.717) is 71.6 Å². The molecule has 4 fully saturated rings. The van der Waals surface area contributed by atoms with Crippen LogP contribution in [-0.2, 0) is 23.8 Å². The lowest BCUT2D eigenvalue weighted by molar-refractivity contribution is -0.140. The second-order valence-electron chi connectivity index (χ2n) is 21.2. The van der Waals surface area contributed by atoms with Crippen molar-refractivity contribution in [2.24, 2.45) is 17.8 Å². The van der Waals surface area contributed by atoms with Crippen LogP contribution in [0.25, 0.3) is 54.8 Å². The number of piperidine rings is 1. The number of nitrogens with zero attached hydrogens (tertiary/aromatic N) is 5. The summed E-state index contributed by atoms with van der Waals surface area (Å²) in [5.74, 6) is 0.878. The number of amides is 4. The minimum Gasteiger partial charge on any atom is -0.464 e. The Bertz CT molecular complexity index is 3340. The molecule has 4 aliphatic heterocycles. The SMILES string of the molecule is COC(=O)NC(C(=O)N1[C@@H]2C[C@@H]2C[C@H]1c1ncc(-c2ccc3c(c2)cc2n3C(c3cc4ccccc4s3)Oc3cc(-c4cnc([C@@H]5CCCN5C(=O)[C@@H](NC(=O)OC)C(C)C)[nH]4)cc(F)c3-2)[nH]1)C1C[C@@H](C)O[C@@H](C)C1. The number of fused-ring (bicyclic) bond motifs is 7. The van der Waals surface area contributed by atoms with Crippen LogP contribution < -0.4 is 15.4 Å². The molecular formula is C56H60FN9O8S. The molecule has 4 amide bonds. The van der Waals surface area contributed by atoms with Gasteiger partial charge in [0, 0.05) is 33.8 Å². The van der Waals surface area contributed by atoms with E-state index in [2.05, 4.69) is 49.4 Å². The molecule has 10 atom stereocenters. The maximum absolute atomic E-state index is 17.1. The predicted molar refractivity (Wildman–Crippen MR) is 279 cm³/mol. The molecule has 0 spiro atoms. The van der Waals surface area contributed by atoms with E-state index in [0.717, 1.165) is 56.4 Å². The molecule has 4 aromatic heterocycles. The van der Waals surface area contributed by atoms with Crippen molar-refractivity contribution in [3.63, 3.8) is 0 Å². The Labute approximate surface area is 436 Å². The highest BCUT2D eigenvalue weighted by Crippen LogP contribution is 2.54. The molecule has 0 radical (unpaired) electrons. The smallest absolute Gasteiger partial charge is 0.407 e. The lowest BCUT2D eigenvalue weighted by Gasteiger charge is -2.38. The molecule has 75 heavy (non-hydrogen) atoms.